The fraction of sp³-hybridized carbons (Fsp3) is 0.0870. The Bertz CT molecular complexity index is 1250. The number of carbonyl (C=O) groups is 2. The number of benzene rings is 3. The molecule has 2 N–H and O–H groups in total. The third-order valence-corrected chi connectivity index (χ3v) is 5.26. The second-order valence-electron chi connectivity index (χ2n) is 7.16. The first-order valence-electron chi connectivity index (χ1n) is 9.42. The van der Waals surface area contributed by atoms with Crippen molar-refractivity contribution in [2.75, 3.05) is 0 Å². The highest BCUT2D eigenvalue weighted by molar-refractivity contribution is 6.03. The van der Waals surface area contributed by atoms with Crippen molar-refractivity contribution in [3.63, 3.8) is 0 Å². The Balaban J connectivity index is 1.65. The van der Waals surface area contributed by atoms with Gasteiger partial charge in [0.15, 0.2) is 0 Å². The van der Waals surface area contributed by atoms with Crippen molar-refractivity contribution in [1.82, 2.24) is 15.1 Å². The lowest BCUT2D eigenvalue weighted by Gasteiger charge is -2.26. The van der Waals surface area contributed by atoms with Crippen LogP contribution in [-0.2, 0) is 21.6 Å². The summed E-state index contributed by atoms with van der Waals surface area (Å²) in [5.41, 5.74) is 1.15. The van der Waals surface area contributed by atoms with Crippen LogP contribution in [0.25, 0.3) is 16.6 Å². The molecule has 1 unspecified atom stereocenters. The highest BCUT2D eigenvalue weighted by Gasteiger charge is 2.50. The Morgan fingerprint density at radius 1 is 1.00 bits per heavy atom. The van der Waals surface area contributed by atoms with E-state index in [1.165, 1.54) is 6.07 Å². The molecule has 5 rings (SSSR count). The van der Waals surface area contributed by atoms with Crippen LogP contribution in [0.15, 0.2) is 79.0 Å². The summed E-state index contributed by atoms with van der Waals surface area (Å²) in [5.74, 6) is -0.460. The van der Waals surface area contributed by atoms with Crippen LogP contribution in [-0.4, -0.2) is 26.9 Å². The number of rotatable bonds is 4. The minimum atomic E-state index is -1.50. The number of alkyl carbamates (subject to hydrolysis) is 1. The van der Waals surface area contributed by atoms with Gasteiger partial charge in [-0.3, -0.25) is 10.1 Å². The number of hydrogen-bond donors (Lipinski definition) is 2. The van der Waals surface area contributed by atoms with E-state index in [0.29, 0.717) is 16.8 Å². The quantitative estimate of drug-likeness (QED) is 0.548. The van der Waals surface area contributed by atoms with Crippen LogP contribution >= 0.6 is 0 Å². The minimum absolute atomic E-state index is 0.0648. The molecule has 0 aliphatic carbocycles. The molecule has 1 saturated heterocycles. The number of aromatic nitrogens is 2. The molecule has 1 fully saturated rings. The third kappa shape index (κ3) is 2.88. The molecule has 1 aliphatic rings. The summed E-state index contributed by atoms with van der Waals surface area (Å²) < 4.78 is 7.20. The highest BCUT2D eigenvalue weighted by atomic mass is 16.6. The van der Waals surface area contributed by atoms with Crippen LogP contribution in [0, 0.1) is 0 Å². The van der Waals surface area contributed by atoms with E-state index in [1.807, 2.05) is 36.5 Å². The normalized spacial score (nSPS) is 18.4. The maximum Gasteiger partial charge on any atom is 0.415 e. The topological polar surface area (TPSA) is 93.5 Å². The van der Waals surface area contributed by atoms with Gasteiger partial charge in [-0.15, -0.1) is 0 Å². The molecule has 4 aromatic rings. The zero-order chi connectivity index (χ0) is 20.7. The molecule has 2 amide bonds. The number of phenols is 1. The zero-order valence-corrected chi connectivity index (χ0v) is 15.8. The molecule has 0 spiro atoms. The summed E-state index contributed by atoms with van der Waals surface area (Å²) in [4.78, 5) is 24.8. The van der Waals surface area contributed by atoms with Crippen molar-refractivity contribution in [3.8, 4) is 11.4 Å². The molecule has 30 heavy (non-hydrogen) atoms. The average molecular weight is 399 g/mol. The van der Waals surface area contributed by atoms with E-state index >= 15 is 0 Å². The Morgan fingerprint density at radius 3 is 2.50 bits per heavy atom. The van der Waals surface area contributed by atoms with Gasteiger partial charge in [0.1, 0.15) is 5.75 Å². The van der Waals surface area contributed by atoms with Gasteiger partial charge in [0.25, 0.3) is 5.91 Å². The summed E-state index contributed by atoms with van der Waals surface area (Å²) >= 11 is 0. The maximum atomic E-state index is 12.8. The summed E-state index contributed by atoms with van der Waals surface area (Å²) in [5, 5.41) is 17.9. The highest BCUT2D eigenvalue weighted by Crippen LogP contribution is 2.36. The van der Waals surface area contributed by atoms with Crippen molar-refractivity contribution in [3.05, 3.63) is 90.1 Å². The molecule has 1 atom stereocenters. The molecule has 0 saturated carbocycles. The van der Waals surface area contributed by atoms with E-state index in [2.05, 4.69) is 10.4 Å². The molecule has 1 aliphatic heterocycles. The number of aromatic hydroxyl groups is 1. The van der Waals surface area contributed by atoms with E-state index in [-0.39, 0.29) is 12.2 Å². The van der Waals surface area contributed by atoms with Crippen LogP contribution < -0.4 is 5.32 Å². The van der Waals surface area contributed by atoms with Crippen molar-refractivity contribution in [2.45, 2.75) is 12.0 Å². The number of amides is 2. The number of cyclic esters (lactones) is 1. The molecular formula is C23H17N3O4. The van der Waals surface area contributed by atoms with E-state index < -0.39 is 17.6 Å². The van der Waals surface area contributed by atoms with E-state index in [4.69, 9.17) is 4.74 Å². The number of phenolic OH excluding ortho intramolecular Hbond substituents is 1. The molecule has 2 heterocycles. The molecule has 0 bridgehead atoms. The second kappa shape index (κ2) is 6.73. The lowest BCUT2D eigenvalue weighted by atomic mass is 9.86. The number of hydrogen-bond acceptors (Lipinski definition) is 5. The number of nitrogens with zero attached hydrogens (tertiary/aromatic N) is 2. The Labute approximate surface area is 171 Å². The SMILES string of the molecule is O=C1NC(=O)C(Cc2ccc(O)cc2-n2cc3ccccc3n2)(c2ccccc2)O1. The predicted octanol–water partition coefficient (Wildman–Crippen LogP) is 3.44. The van der Waals surface area contributed by atoms with E-state index in [9.17, 15) is 14.7 Å². The van der Waals surface area contributed by atoms with Gasteiger partial charge in [-0.1, -0.05) is 54.6 Å². The van der Waals surface area contributed by atoms with Crippen LogP contribution in [0.5, 0.6) is 5.75 Å². The number of nitrogens with one attached hydrogen (secondary N) is 1. The van der Waals surface area contributed by atoms with Gasteiger partial charge < -0.3 is 9.84 Å². The summed E-state index contributed by atoms with van der Waals surface area (Å²) in [6, 6.07) is 21.4. The molecule has 7 nitrogen and oxygen atoms in total. The summed E-state index contributed by atoms with van der Waals surface area (Å²) in [6.07, 6.45) is 1.15. The monoisotopic (exact) mass is 399 g/mol. The van der Waals surface area contributed by atoms with Gasteiger partial charge in [-0.2, -0.15) is 5.10 Å². The first-order chi connectivity index (χ1) is 14.5. The summed E-state index contributed by atoms with van der Waals surface area (Å²) in [6.45, 7) is 0. The van der Waals surface area contributed by atoms with Crippen LogP contribution in [0.2, 0.25) is 0 Å². The molecule has 3 aromatic carbocycles. The van der Waals surface area contributed by atoms with Crippen molar-refractivity contribution in [1.29, 1.82) is 0 Å². The first kappa shape index (κ1) is 17.9. The zero-order valence-electron chi connectivity index (χ0n) is 15.8. The Kier molecular flexibility index (Phi) is 4.03. The number of carbonyl (C=O) groups excluding carboxylic acids is 2. The Hall–Kier alpha value is -4.13. The number of fused-ring (bicyclic) bond motifs is 1. The van der Waals surface area contributed by atoms with Gasteiger partial charge in [0, 0.05) is 29.6 Å². The summed E-state index contributed by atoms with van der Waals surface area (Å²) in [7, 11) is 0. The van der Waals surface area contributed by atoms with Gasteiger partial charge >= 0.3 is 6.09 Å². The second-order valence-corrected chi connectivity index (χ2v) is 7.16. The van der Waals surface area contributed by atoms with Crippen LogP contribution in [0.3, 0.4) is 0 Å². The molecule has 1 aromatic heterocycles. The van der Waals surface area contributed by atoms with Crippen molar-refractivity contribution in [2.24, 2.45) is 0 Å². The van der Waals surface area contributed by atoms with Gasteiger partial charge in [-0.25, -0.2) is 9.48 Å². The average Bonchev–Trinajstić information content (AvgIpc) is 3.31. The Morgan fingerprint density at radius 2 is 1.77 bits per heavy atom. The molecule has 7 heteroatoms. The fourth-order valence-corrected chi connectivity index (χ4v) is 3.81. The molecule has 148 valence electrons. The van der Waals surface area contributed by atoms with Crippen LogP contribution in [0.4, 0.5) is 4.79 Å². The lowest BCUT2D eigenvalue weighted by molar-refractivity contribution is -0.132. The van der Waals surface area contributed by atoms with Gasteiger partial charge in [0.05, 0.1) is 11.2 Å². The van der Waals surface area contributed by atoms with Gasteiger partial charge in [-0.05, 0) is 17.7 Å². The predicted molar refractivity (Wildman–Crippen MR) is 109 cm³/mol. The smallest absolute Gasteiger partial charge is 0.415 e. The standard InChI is InChI=1S/C23H17N3O4/c27-18-11-10-15(20(12-18)26-14-16-6-4-5-9-19(16)25-26)13-23(17-7-2-1-3-8-17)21(28)24-22(29)30-23/h1-12,14,27H,13H2,(H,24,28,29). The fourth-order valence-electron chi connectivity index (χ4n) is 3.81. The van der Waals surface area contributed by atoms with Crippen molar-refractivity contribution >= 4 is 22.9 Å². The third-order valence-electron chi connectivity index (χ3n) is 5.26. The largest absolute Gasteiger partial charge is 0.508 e. The van der Waals surface area contributed by atoms with Crippen molar-refractivity contribution < 1.29 is 19.4 Å². The molecular weight excluding hydrogens is 382 g/mol. The lowest BCUT2D eigenvalue weighted by Crippen LogP contribution is -2.39. The first-order valence-corrected chi connectivity index (χ1v) is 9.42. The van der Waals surface area contributed by atoms with Crippen LogP contribution in [0.1, 0.15) is 11.1 Å². The minimum Gasteiger partial charge on any atom is -0.508 e. The molecule has 0 radical (unpaired) electrons. The number of imide groups is 1. The number of ether oxygens (including phenoxy) is 1. The van der Waals surface area contributed by atoms with Gasteiger partial charge in [0.2, 0.25) is 5.60 Å². The maximum absolute atomic E-state index is 12.8. The van der Waals surface area contributed by atoms with E-state index in [1.54, 1.807) is 41.1 Å². The van der Waals surface area contributed by atoms with E-state index in [0.717, 1.165) is 10.9 Å².